The maximum absolute atomic E-state index is 12.2. The molecule has 1 amide bonds. The Bertz CT molecular complexity index is 733. The van der Waals surface area contributed by atoms with Crippen LogP contribution in [-0.4, -0.2) is 23.2 Å². The molecule has 3 N–H and O–H groups in total. The molecule has 0 saturated heterocycles. The Morgan fingerprint density at radius 1 is 1.24 bits per heavy atom. The predicted molar refractivity (Wildman–Crippen MR) is 82.5 cm³/mol. The van der Waals surface area contributed by atoms with Crippen molar-refractivity contribution in [1.29, 1.82) is 0 Å². The van der Waals surface area contributed by atoms with E-state index >= 15 is 0 Å². The first-order valence-corrected chi connectivity index (χ1v) is 7.12. The molecule has 0 bridgehead atoms. The number of hydrogen-bond donors (Lipinski definition) is 3. The molecule has 0 saturated carbocycles. The number of nitrogens with one attached hydrogen (secondary N) is 1. The van der Waals surface area contributed by atoms with Crippen molar-refractivity contribution in [2.45, 2.75) is 6.17 Å². The first-order valence-electron chi connectivity index (χ1n) is 6.33. The second-order valence-corrected chi connectivity index (χ2v) is 5.72. The molecule has 1 heterocycles. The number of amides is 1. The molecule has 5 nitrogen and oxygen atoms in total. The van der Waals surface area contributed by atoms with Gasteiger partial charge in [-0.05, 0) is 40.2 Å². The first kappa shape index (κ1) is 13.8. The number of aromatic hydroxyl groups is 2. The number of fused-ring (bicyclic) bond motifs is 1. The number of carbonyl (C=O) groups is 1. The summed E-state index contributed by atoms with van der Waals surface area (Å²) < 4.78 is 0.374. The number of rotatable bonds is 1. The van der Waals surface area contributed by atoms with E-state index in [4.69, 9.17) is 0 Å². The average Bonchev–Trinajstić information content (AvgIpc) is 2.47. The highest BCUT2D eigenvalue weighted by atomic mass is 79.9. The molecule has 6 heteroatoms. The molecular formula is C15H13BrN2O3. The molecule has 1 aliphatic heterocycles. The highest BCUT2D eigenvalue weighted by molar-refractivity contribution is 9.10. The summed E-state index contributed by atoms with van der Waals surface area (Å²) in [6.07, 6.45) is -0.559. The smallest absolute Gasteiger partial charge is 0.255 e. The number of hydrogen-bond acceptors (Lipinski definition) is 4. The zero-order valence-corrected chi connectivity index (χ0v) is 12.8. The monoisotopic (exact) mass is 348 g/mol. The summed E-state index contributed by atoms with van der Waals surface area (Å²) in [4.78, 5) is 14.0. The van der Waals surface area contributed by atoms with Gasteiger partial charge in [-0.2, -0.15) is 0 Å². The van der Waals surface area contributed by atoms with Crippen molar-refractivity contribution in [3.63, 3.8) is 0 Å². The van der Waals surface area contributed by atoms with E-state index in [1.165, 1.54) is 12.1 Å². The van der Waals surface area contributed by atoms with Crippen molar-refractivity contribution in [3.8, 4) is 11.5 Å². The van der Waals surface area contributed by atoms with Gasteiger partial charge in [0.2, 0.25) is 0 Å². The predicted octanol–water partition coefficient (Wildman–Crippen LogP) is 2.74. The van der Waals surface area contributed by atoms with E-state index in [0.717, 1.165) is 5.69 Å². The fourth-order valence-electron chi connectivity index (χ4n) is 2.51. The molecule has 0 aliphatic carbocycles. The minimum atomic E-state index is -0.559. The van der Waals surface area contributed by atoms with Crippen molar-refractivity contribution < 1.29 is 15.0 Å². The normalized spacial score (nSPS) is 17.3. The molecule has 0 unspecified atom stereocenters. The standard InChI is InChI=1S/C15H13BrN2O3/c1-18-12-5-3-2-4-9(12)15(21)17-14(18)10-6-8(19)7-11(16)13(10)20/h2-7,14,19-20H,1H3,(H,17,21)/t14-/m0/s1. The van der Waals surface area contributed by atoms with Crippen molar-refractivity contribution in [2.24, 2.45) is 0 Å². The van der Waals surface area contributed by atoms with E-state index < -0.39 is 6.17 Å². The maximum Gasteiger partial charge on any atom is 0.255 e. The summed E-state index contributed by atoms with van der Waals surface area (Å²) >= 11 is 3.19. The lowest BCUT2D eigenvalue weighted by atomic mass is 10.0. The Morgan fingerprint density at radius 2 is 1.95 bits per heavy atom. The summed E-state index contributed by atoms with van der Waals surface area (Å²) in [5.41, 5.74) is 1.77. The van der Waals surface area contributed by atoms with Gasteiger partial charge in [0.1, 0.15) is 17.7 Å². The van der Waals surface area contributed by atoms with Gasteiger partial charge in [0.05, 0.1) is 15.7 Å². The van der Waals surface area contributed by atoms with Crippen LogP contribution in [-0.2, 0) is 0 Å². The summed E-state index contributed by atoms with van der Waals surface area (Å²) in [6, 6.07) is 10.1. The molecule has 0 spiro atoms. The molecule has 3 rings (SSSR count). The summed E-state index contributed by atoms with van der Waals surface area (Å²) in [6.45, 7) is 0. The van der Waals surface area contributed by atoms with E-state index in [2.05, 4.69) is 21.2 Å². The summed E-state index contributed by atoms with van der Waals surface area (Å²) in [5, 5.41) is 22.7. The van der Waals surface area contributed by atoms with Crippen LogP contribution in [0.15, 0.2) is 40.9 Å². The molecule has 21 heavy (non-hydrogen) atoms. The van der Waals surface area contributed by atoms with Crippen molar-refractivity contribution in [1.82, 2.24) is 5.32 Å². The Morgan fingerprint density at radius 3 is 2.71 bits per heavy atom. The van der Waals surface area contributed by atoms with Crippen LogP contribution < -0.4 is 10.2 Å². The zero-order valence-electron chi connectivity index (χ0n) is 11.2. The van der Waals surface area contributed by atoms with Crippen molar-refractivity contribution >= 4 is 27.5 Å². The van der Waals surface area contributed by atoms with E-state index in [-0.39, 0.29) is 17.4 Å². The number of phenols is 2. The number of halogens is 1. The Balaban J connectivity index is 2.12. The highest BCUT2D eigenvalue weighted by Crippen LogP contribution is 2.40. The van der Waals surface area contributed by atoms with E-state index in [1.807, 2.05) is 24.1 Å². The third kappa shape index (κ3) is 2.21. The maximum atomic E-state index is 12.2. The minimum Gasteiger partial charge on any atom is -0.508 e. The third-order valence-electron chi connectivity index (χ3n) is 3.56. The number of phenolic OH excluding ortho intramolecular Hbond substituents is 2. The minimum absolute atomic E-state index is 0.00988. The van der Waals surface area contributed by atoms with Gasteiger partial charge in [-0.3, -0.25) is 4.79 Å². The van der Waals surface area contributed by atoms with Gasteiger partial charge < -0.3 is 20.4 Å². The van der Waals surface area contributed by atoms with Crippen LogP contribution in [0.3, 0.4) is 0 Å². The molecule has 1 atom stereocenters. The number of para-hydroxylation sites is 1. The number of benzene rings is 2. The molecule has 1 aliphatic rings. The van der Waals surface area contributed by atoms with Crippen LogP contribution in [0.1, 0.15) is 22.1 Å². The van der Waals surface area contributed by atoms with Gasteiger partial charge in [0.25, 0.3) is 5.91 Å². The lowest BCUT2D eigenvalue weighted by molar-refractivity contribution is 0.0927. The van der Waals surface area contributed by atoms with Crippen molar-refractivity contribution in [3.05, 3.63) is 52.0 Å². The van der Waals surface area contributed by atoms with Crippen LogP contribution >= 0.6 is 15.9 Å². The topological polar surface area (TPSA) is 72.8 Å². The summed E-state index contributed by atoms with van der Waals surface area (Å²) in [5.74, 6) is -0.215. The average molecular weight is 349 g/mol. The largest absolute Gasteiger partial charge is 0.508 e. The van der Waals surface area contributed by atoms with Gasteiger partial charge in [0.15, 0.2) is 0 Å². The number of nitrogens with zero attached hydrogens (tertiary/aromatic N) is 1. The van der Waals surface area contributed by atoms with Gasteiger partial charge in [-0.1, -0.05) is 12.1 Å². The van der Waals surface area contributed by atoms with Crippen molar-refractivity contribution in [2.75, 3.05) is 11.9 Å². The van der Waals surface area contributed by atoms with E-state index in [9.17, 15) is 15.0 Å². The molecule has 0 aromatic heterocycles. The fraction of sp³-hybridized carbons (Fsp3) is 0.133. The molecule has 108 valence electrons. The molecule has 0 radical (unpaired) electrons. The number of anilines is 1. The Hall–Kier alpha value is -2.21. The Labute approximate surface area is 130 Å². The van der Waals surface area contributed by atoms with Crippen LogP contribution in [0.25, 0.3) is 0 Å². The summed E-state index contributed by atoms with van der Waals surface area (Å²) in [7, 11) is 1.82. The lowest BCUT2D eigenvalue weighted by Gasteiger charge is -2.36. The third-order valence-corrected chi connectivity index (χ3v) is 4.16. The van der Waals surface area contributed by atoms with Crippen LogP contribution in [0.2, 0.25) is 0 Å². The molecular weight excluding hydrogens is 336 g/mol. The van der Waals surface area contributed by atoms with Gasteiger partial charge in [0, 0.05) is 12.6 Å². The van der Waals surface area contributed by atoms with Gasteiger partial charge in [-0.15, -0.1) is 0 Å². The zero-order chi connectivity index (χ0) is 15.1. The first-order chi connectivity index (χ1) is 9.99. The molecule has 2 aromatic rings. The van der Waals surface area contributed by atoms with Crippen LogP contribution in [0, 0.1) is 0 Å². The molecule has 0 fully saturated rings. The van der Waals surface area contributed by atoms with E-state index in [1.54, 1.807) is 12.1 Å². The lowest BCUT2D eigenvalue weighted by Crippen LogP contribution is -2.44. The SMILES string of the molecule is CN1c2ccccc2C(=O)N[C@@H]1c1cc(O)cc(Br)c1O. The second-order valence-electron chi connectivity index (χ2n) is 4.87. The van der Waals surface area contributed by atoms with Gasteiger partial charge in [-0.25, -0.2) is 0 Å². The van der Waals surface area contributed by atoms with E-state index in [0.29, 0.717) is 15.6 Å². The quantitative estimate of drug-likeness (QED) is 0.693. The van der Waals surface area contributed by atoms with Crippen LogP contribution in [0.5, 0.6) is 11.5 Å². The Kier molecular flexibility index (Phi) is 3.25. The fourth-order valence-corrected chi connectivity index (χ4v) is 2.97. The highest BCUT2D eigenvalue weighted by Gasteiger charge is 2.31. The van der Waals surface area contributed by atoms with Gasteiger partial charge >= 0.3 is 0 Å². The second kappa shape index (κ2) is 4.96. The number of carbonyl (C=O) groups excluding carboxylic acids is 1. The molecule has 2 aromatic carbocycles. The van der Waals surface area contributed by atoms with Crippen LogP contribution in [0.4, 0.5) is 5.69 Å².